The molecule has 0 aromatic carbocycles. The third-order valence-corrected chi connectivity index (χ3v) is 2.95. The van der Waals surface area contributed by atoms with E-state index in [4.69, 9.17) is 0 Å². The van der Waals surface area contributed by atoms with Crippen molar-refractivity contribution < 1.29 is 47.1 Å². The number of hydrogen-bond acceptors (Lipinski definition) is 4. The molecule has 0 rings (SSSR count). The van der Waals surface area contributed by atoms with Gasteiger partial charge in [0.2, 0.25) is 0 Å². The maximum atomic E-state index is 10.2. The molecule has 0 bridgehead atoms. The molecule has 132 valence electrons. The smallest absolute Gasteiger partial charge is 0.550 e. The SMILES string of the molecule is CC(CC(=O)[O-])CC(C)(C)C.CC(CC(=O)[O-])CC(C)(C)C.[Cd+2]. The molecule has 0 radical (unpaired) electrons. The monoisotopic (exact) mass is 428 g/mol. The second-order valence-electron chi connectivity index (χ2n) is 8.89. The van der Waals surface area contributed by atoms with Crippen molar-refractivity contribution >= 4 is 11.9 Å². The molecule has 0 spiro atoms. The summed E-state index contributed by atoms with van der Waals surface area (Å²) in [4.78, 5) is 20.4. The van der Waals surface area contributed by atoms with Gasteiger partial charge in [0.25, 0.3) is 0 Å². The van der Waals surface area contributed by atoms with Crippen molar-refractivity contribution in [2.24, 2.45) is 22.7 Å². The molecule has 0 aromatic rings. The molecule has 0 aliphatic heterocycles. The van der Waals surface area contributed by atoms with E-state index in [0.717, 1.165) is 12.8 Å². The fourth-order valence-corrected chi connectivity index (χ4v) is 2.80. The Morgan fingerprint density at radius 3 is 1.09 bits per heavy atom. The van der Waals surface area contributed by atoms with Gasteiger partial charge in [-0.2, -0.15) is 0 Å². The van der Waals surface area contributed by atoms with Crippen LogP contribution in [-0.2, 0) is 36.9 Å². The normalized spacial score (nSPS) is 13.9. The van der Waals surface area contributed by atoms with Crippen LogP contribution < -0.4 is 10.2 Å². The van der Waals surface area contributed by atoms with Gasteiger partial charge >= 0.3 is 27.3 Å². The first-order valence-electron chi connectivity index (χ1n) is 8.02. The Kier molecular flexibility index (Phi) is 14.8. The third-order valence-electron chi connectivity index (χ3n) is 2.95. The van der Waals surface area contributed by atoms with Gasteiger partial charge in [-0.15, -0.1) is 0 Å². The number of rotatable bonds is 6. The van der Waals surface area contributed by atoms with Gasteiger partial charge in [0.15, 0.2) is 0 Å². The Labute approximate surface area is 162 Å². The minimum Gasteiger partial charge on any atom is -0.550 e. The molecule has 2 unspecified atom stereocenters. The molecule has 23 heavy (non-hydrogen) atoms. The fraction of sp³-hybridized carbons (Fsp3) is 0.889. The Bertz CT molecular complexity index is 306. The standard InChI is InChI=1S/2C9H18O2.Cd/c2*1-7(5-8(10)11)6-9(2,3)4;/h2*7H,5-6H2,1-4H3,(H,10,11);/q;;+2/p-2. The van der Waals surface area contributed by atoms with Gasteiger partial charge < -0.3 is 19.8 Å². The maximum absolute atomic E-state index is 10.2. The van der Waals surface area contributed by atoms with Crippen molar-refractivity contribution in [3.63, 3.8) is 0 Å². The van der Waals surface area contributed by atoms with E-state index in [2.05, 4.69) is 41.5 Å². The first-order valence-corrected chi connectivity index (χ1v) is 8.02. The average molecular weight is 427 g/mol. The van der Waals surface area contributed by atoms with Gasteiger partial charge in [0, 0.05) is 11.9 Å². The van der Waals surface area contributed by atoms with Crippen molar-refractivity contribution in [3.8, 4) is 0 Å². The summed E-state index contributed by atoms with van der Waals surface area (Å²) in [7, 11) is 0. The average Bonchev–Trinajstić information content (AvgIpc) is 2.07. The molecular weight excluding hydrogens is 393 g/mol. The summed E-state index contributed by atoms with van der Waals surface area (Å²) in [6.45, 7) is 16.6. The zero-order valence-electron chi connectivity index (χ0n) is 16.3. The second kappa shape index (κ2) is 12.3. The van der Waals surface area contributed by atoms with Gasteiger partial charge in [-0.1, -0.05) is 55.4 Å². The molecule has 0 N–H and O–H groups in total. The van der Waals surface area contributed by atoms with Crippen molar-refractivity contribution in [1.29, 1.82) is 0 Å². The molecule has 0 amide bonds. The molecule has 0 aliphatic carbocycles. The predicted octanol–water partition coefficient (Wildman–Crippen LogP) is 2.39. The summed E-state index contributed by atoms with van der Waals surface area (Å²) in [5.74, 6) is -1.44. The van der Waals surface area contributed by atoms with Crippen molar-refractivity contribution in [2.45, 2.75) is 81.1 Å². The minimum atomic E-state index is -0.943. The molecule has 5 heteroatoms. The molecule has 2 atom stereocenters. The van der Waals surface area contributed by atoms with Crippen LogP contribution in [-0.4, -0.2) is 11.9 Å². The first kappa shape index (κ1) is 27.7. The maximum Gasteiger partial charge on any atom is 2.00 e. The number of carboxylic acids is 2. The molecule has 4 nitrogen and oxygen atoms in total. The van der Waals surface area contributed by atoms with E-state index >= 15 is 0 Å². The van der Waals surface area contributed by atoms with Crippen LogP contribution in [0.3, 0.4) is 0 Å². The number of aliphatic carboxylic acids is 2. The number of hydrogen-bond donors (Lipinski definition) is 0. The van der Waals surface area contributed by atoms with Crippen molar-refractivity contribution in [2.75, 3.05) is 0 Å². The van der Waals surface area contributed by atoms with Crippen LogP contribution >= 0.6 is 0 Å². The molecule has 0 fully saturated rings. The van der Waals surface area contributed by atoms with Crippen molar-refractivity contribution in [1.82, 2.24) is 0 Å². The van der Waals surface area contributed by atoms with E-state index in [9.17, 15) is 19.8 Å². The van der Waals surface area contributed by atoms with Crippen LogP contribution in [0.5, 0.6) is 0 Å². The topological polar surface area (TPSA) is 80.3 Å². The van der Waals surface area contributed by atoms with Crippen molar-refractivity contribution in [3.05, 3.63) is 0 Å². The Morgan fingerprint density at radius 1 is 0.739 bits per heavy atom. The largest absolute Gasteiger partial charge is 2.00 e. The Hall–Kier alpha value is -0.138. The number of carbonyl (C=O) groups excluding carboxylic acids is 2. The number of carbonyl (C=O) groups is 2. The summed E-state index contributed by atoms with van der Waals surface area (Å²) in [5.41, 5.74) is 0.434. The van der Waals surface area contributed by atoms with Crippen LogP contribution in [0.1, 0.15) is 81.1 Å². The van der Waals surface area contributed by atoms with E-state index < -0.39 is 11.9 Å². The molecule has 0 saturated carbocycles. The van der Waals surface area contributed by atoms with E-state index in [0.29, 0.717) is 0 Å². The van der Waals surface area contributed by atoms with Gasteiger partial charge in [-0.3, -0.25) is 0 Å². The van der Waals surface area contributed by atoms with Crippen LogP contribution in [0.15, 0.2) is 0 Å². The molecule has 0 saturated heterocycles. The Balaban J connectivity index is -0.000000333. The van der Waals surface area contributed by atoms with E-state index in [-0.39, 0.29) is 62.8 Å². The van der Waals surface area contributed by atoms with Gasteiger partial charge in [-0.25, -0.2) is 0 Å². The van der Waals surface area contributed by atoms with Gasteiger partial charge in [0.1, 0.15) is 0 Å². The van der Waals surface area contributed by atoms with Crippen LogP contribution in [0.25, 0.3) is 0 Å². The molecule has 0 aromatic heterocycles. The zero-order valence-corrected chi connectivity index (χ0v) is 20.4. The summed E-state index contributed by atoms with van der Waals surface area (Å²) in [6.07, 6.45) is 2.22. The summed E-state index contributed by atoms with van der Waals surface area (Å²) in [6, 6.07) is 0. The first-order chi connectivity index (χ1) is 9.62. The summed E-state index contributed by atoms with van der Waals surface area (Å²) < 4.78 is 0. The summed E-state index contributed by atoms with van der Waals surface area (Å²) >= 11 is 0. The second-order valence-corrected chi connectivity index (χ2v) is 8.89. The third kappa shape index (κ3) is 27.0. The van der Waals surface area contributed by atoms with E-state index in [1.165, 1.54) is 0 Å². The predicted molar refractivity (Wildman–Crippen MR) is 85.7 cm³/mol. The molecular formula is C18H34CdO4. The zero-order chi connectivity index (χ0) is 18.1. The minimum absolute atomic E-state index is 0. The molecule has 0 aliphatic rings. The van der Waals surface area contributed by atoms with Crippen LogP contribution in [0.2, 0.25) is 0 Å². The van der Waals surface area contributed by atoms with Crippen LogP contribution in [0, 0.1) is 22.7 Å². The van der Waals surface area contributed by atoms with Gasteiger partial charge in [-0.05, 0) is 48.3 Å². The van der Waals surface area contributed by atoms with E-state index in [1.54, 1.807) is 0 Å². The van der Waals surface area contributed by atoms with E-state index in [1.807, 2.05) is 13.8 Å². The van der Waals surface area contributed by atoms with Crippen LogP contribution in [0.4, 0.5) is 0 Å². The quantitative estimate of drug-likeness (QED) is 0.611. The molecule has 0 heterocycles. The summed E-state index contributed by atoms with van der Waals surface area (Å²) in [5, 5.41) is 20.4. The fourth-order valence-electron chi connectivity index (χ4n) is 2.80. The Morgan fingerprint density at radius 2 is 0.957 bits per heavy atom. The van der Waals surface area contributed by atoms with Gasteiger partial charge in [0.05, 0.1) is 0 Å². The number of carboxylic acid groups (broad SMARTS) is 2.